The van der Waals surface area contributed by atoms with Crippen LogP contribution >= 0.6 is 0 Å². The molecule has 2 atom stereocenters. The number of nitrogens with zero attached hydrogens (tertiary/aromatic N) is 4. The minimum Gasteiger partial charge on any atom is -0.480 e. The van der Waals surface area contributed by atoms with Crippen LogP contribution in [0.15, 0.2) is 42.4 Å². The molecule has 0 saturated heterocycles. The van der Waals surface area contributed by atoms with Gasteiger partial charge in [-0.1, -0.05) is 29.5 Å². The van der Waals surface area contributed by atoms with Gasteiger partial charge in [-0.25, -0.2) is 4.68 Å². The predicted octanol–water partition coefficient (Wildman–Crippen LogP) is 4.33. The number of benzene rings is 2. The molecule has 0 aliphatic carbocycles. The average Bonchev–Trinajstić information content (AvgIpc) is 3.34. The lowest BCUT2D eigenvalue weighted by molar-refractivity contribution is -0.143. The van der Waals surface area contributed by atoms with Gasteiger partial charge >= 0.3 is 16.3 Å². The first-order chi connectivity index (χ1) is 19.6. The summed E-state index contributed by atoms with van der Waals surface area (Å²) in [4.78, 5) is 12.8. The molecule has 11 nitrogen and oxygen atoms in total. The summed E-state index contributed by atoms with van der Waals surface area (Å²) in [6.45, 7) is 8.49. The van der Waals surface area contributed by atoms with E-state index in [4.69, 9.17) is 14.0 Å². The molecule has 12 heteroatoms. The zero-order valence-electron chi connectivity index (χ0n) is 23.9. The number of aliphatic hydroxyl groups excluding tert-OH is 2. The normalized spacial score (nSPS) is 16.7. The van der Waals surface area contributed by atoms with E-state index in [9.17, 15) is 18.3 Å². The van der Waals surface area contributed by atoms with Gasteiger partial charge in [-0.05, 0) is 80.8 Å². The second kappa shape index (κ2) is 13.0. The van der Waals surface area contributed by atoms with E-state index < -0.39 is 22.3 Å². The number of hydrogen-bond donors (Lipinski definition) is 2. The summed E-state index contributed by atoms with van der Waals surface area (Å²) >= 11 is 0. The molecule has 1 aliphatic heterocycles. The monoisotopic (exact) mass is 586 g/mol. The molecule has 2 aromatic carbocycles. The number of ether oxygens (including phenoxy) is 1. The van der Waals surface area contributed by atoms with E-state index in [1.165, 1.54) is 10.4 Å². The number of rotatable bonds is 12. The topological polar surface area (TPSA) is 144 Å². The number of unbranched alkanes of at least 4 members (excludes halogenated alkanes) is 2. The van der Waals surface area contributed by atoms with E-state index in [1.807, 2.05) is 48.9 Å². The molecule has 3 aromatic rings. The van der Waals surface area contributed by atoms with Gasteiger partial charge in [-0.2, -0.15) is 12.7 Å². The summed E-state index contributed by atoms with van der Waals surface area (Å²) in [5, 5.41) is 27.4. The van der Waals surface area contributed by atoms with Crippen LogP contribution in [0.25, 0.3) is 11.0 Å². The number of aromatic nitrogens is 3. The van der Waals surface area contributed by atoms with E-state index >= 15 is 0 Å². The van der Waals surface area contributed by atoms with Crippen LogP contribution in [0.3, 0.4) is 0 Å². The van der Waals surface area contributed by atoms with E-state index in [2.05, 4.69) is 10.3 Å². The fourth-order valence-corrected chi connectivity index (χ4v) is 6.49. The van der Waals surface area contributed by atoms with Crippen LogP contribution in [0, 0.1) is 13.8 Å². The number of esters is 1. The van der Waals surface area contributed by atoms with E-state index in [1.54, 1.807) is 13.8 Å². The molecule has 1 aromatic heterocycles. The van der Waals surface area contributed by atoms with Crippen LogP contribution in [0.2, 0.25) is 0 Å². The smallest absolute Gasteiger partial charge is 0.388 e. The van der Waals surface area contributed by atoms with E-state index in [-0.39, 0.29) is 38.1 Å². The molecule has 4 rings (SSSR count). The zero-order valence-corrected chi connectivity index (χ0v) is 24.7. The molecule has 41 heavy (non-hydrogen) atoms. The molecule has 222 valence electrons. The van der Waals surface area contributed by atoms with Gasteiger partial charge in [0, 0.05) is 31.7 Å². The SMILES string of the molecule is CCOC(=O)CC(c1ccc(C)c([C@@H](C)N2CC=C(O)OS2(=O)=O)c1)c1ccc2c(nnn2CCCCCO)c1C. The van der Waals surface area contributed by atoms with Gasteiger partial charge in [-0.3, -0.25) is 4.79 Å². The van der Waals surface area contributed by atoms with Crippen molar-refractivity contribution in [2.45, 2.75) is 71.9 Å². The largest absolute Gasteiger partial charge is 0.480 e. The number of aryl methyl sites for hydroxylation is 3. The summed E-state index contributed by atoms with van der Waals surface area (Å²) in [5.41, 5.74) is 5.92. The van der Waals surface area contributed by atoms with Gasteiger partial charge in [0.2, 0.25) is 0 Å². The lowest BCUT2D eigenvalue weighted by Gasteiger charge is -2.30. The summed E-state index contributed by atoms with van der Waals surface area (Å²) < 4.78 is 38.4. The van der Waals surface area contributed by atoms with Gasteiger partial charge in [0.25, 0.3) is 5.95 Å². The number of fused-ring (bicyclic) bond motifs is 1. The zero-order chi connectivity index (χ0) is 29.7. The minimum atomic E-state index is -4.18. The van der Waals surface area contributed by atoms with Crippen LogP contribution in [0.1, 0.15) is 79.3 Å². The Hall–Kier alpha value is -3.48. The average molecular weight is 587 g/mol. The van der Waals surface area contributed by atoms with E-state index in [0.29, 0.717) is 6.54 Å². The van der Waals surface area contributed by atoms with Crippen molar-refractivity contribution >= 4 is 27.3 Å². The first kappa shape index (κ1) is 30.5. The third-order valence-electron chi connectivity index (χ3n) is 7.57. The van der Waals surface area contributed by atoms with Gasteiger partial charge in [0.05, 0.1) is 24.6 Å². The highest BCUT2D eigenvalue weighted by atomic mass is 32.2. The molecule has 2 heterocycles. The summed E-state index contributed by atoms with van der Waals surface area (Å²) in [6.07, 6.45) is 3.92. The quantitative estimate of drug-likeness (QED) is 0.234. The second-order valence-corrected chi connectivity index (χ2v) is 11.7. The fraction of sp³-hybridized carbons (Fsp3) is 0.483. The molecular weight excluding hydrogens is 548 g/mol. The van der Waals surface area contributed by atoms with Gasteiger partial charge < -0.3 is 19.1 Å². The Labute approximate surface area is 240 Å². The Morgan fingerprint density at radius 2 is 1.93 bits per heavy atom. The fourth-order valence-electron chi connectivity index (χ4n) is 5.35. The van der Waals surface area contributed by atoms with Crippen LogP contribution in [0.4, 0.5) is 0 Å². The summed E-state index contributed by atoms with van der Waals surface area (Å²) in [5.74, 6) is -1.36. The van der Waals surface area contributed by atoms with Crippen molar-refractivity contribution in [2.24, 2.45) is 0 Å². The lowest BCUT2D eigenvalue weighted by atomic mass is 9.83. The molecular formula is C29H38N4O7S. The van der Waals surface area contributed by atoms with Crippen LogP contribution in [-0.4, -0.2) is 63.7 Å². The number of hydrogen-bond acceptors (Lipinski definition) is 9. The van der Waals surface area contributed by atoms with Gasteiger partial charge in [-0.15, -0.1) is 5.10 Å². The van der Waals surface area contributed by atoms with Crippen molar-refractivity contribution in [2.75, 3.05) is 19.8 Å². The number of carbonyl (C=O) groups is 1. The molecule has 0 amide bonds. The van der Waals surface area contributed by atoms with Crippen LogP contribution in [-0.2, 0) is 30.6 Å². The van der Waals surface area contributed by atoms with Crippen LogP contribution in [0.5, 0.6) is 0 Å². The Kier molecular flexibility index (Phi) is 9.67. The van der Waals surface area contributed by atoms with Crippen molar-refractivity contribution in [3.8, 4) is 0 Å². The van der Waals surface area contributed by atoms with Gasteiger partial charge in [0.1, 0.15) is 5.52 Å². The molecule has 0 fully saturated rings. The van der Waals surface area contributed by atoms with Crippen molar-refractivity contribution in [1.82, 2.24) is 19.3 Å². The molecule has 1 aliphatic rings. The molecule has 0 saturated carbocycles. The number of carbonyl (C=O) groups excluding carboxylic acids is 1. The highest BCUT2D eigenvalue weighted by molar-refractivity contribution is 7.84. The summed E-state index contributed by atoms with van der Waals surface area (Å²) in [6, 6.07) is 9.16. The third-order valence-corrected chi connectivity index (χ3v) is 8.99. The first-order valence-electron chi connectivity index (χ1n) is 13.9. The van der Waals surface area contributed by atoms with Crippen molar-refractivity contribution in [3.05, 3.63) is 70.2 Å². The third kappa shape index (κ3) is 6.71. The molecule has 0 spiro atoms. The maximum absolute atomic E-state index is 12.8. The van der Waals surface area contributed by atoms with Crippen LogP contribution < -0.4 is 0 Å². The highest BCUT2D eigenvalue weighted by Gasteiger charge is 2.34. The Balaban J connectivity index is 1.73. The molecule has 0 bridgehead atoms. The van der Waals surface area contributed by atoms with Crippen molar-refractivity contribution in [1.29, 1.82) is 0 Å². The molecule has 1 unspecified atom stereocenters. The van der Waals surface area contributed by atoms with Crippen molar-refractivity contribution in [3.63, 3.8) is 0 Å². The van der Waals surface area contributed by atoms with Gasteiger partial charge in [0.15, 0.2) is 0 Å². The Bertz CT molecular complexity index is 1530. The molecule has 0 radical (unpaired) electrons. The van der Waals surface area contributed by atoms with Crippen molar-refractivity contribution < 1.29 is 32.3 Å². The lowest BCUT2D eigenvalue weighted by Crippen LogP contribution is -2.38. The second-order valence-electron chi connectivity index (χ2n) is 10.3. The number of aliphatic hydroxyl groups is 2. The van der Waals surface area contributed by atoms with E-state index in [0.717, 1.165) is 58.1 Å². The molecule has 2 N–H and O–H groups in total. The summed E-state index contributed by atoms with van der Waals surface area (Å²) in [7, 11) is -4.18. The predicted molar refractivity (Wildman–Crippen MR) is 153 cm³/mol. The maximum Gasteiger partial charge on any atom is 0.388 e. The maximum atomic E-state index is 12.8. The minimum absolute atomic E-state index is 0.0311. The Morgan fingerprint density at radius 3 is 2.63 bits per heavy atom. The standard InChI is InChI=1S/C29H38N4O7S/c1-5-39-28(36)18-25(23-11-12-26-29(20(23)3)30-31-32(26)14-7-6-8-16-34)22-10-9-19(2)24(17-22)21(4)33-15-13-27(35)40-41(33,37)38/h9-13,17,21,25,34-35H,5-8,14-16,18H2,1-4H3/t21-,25?/m1/s1. The Morgan fingerprint density at radius 1 is 1.15 bits per heavy atom. The highest BCUT2D eigenvalue weighted by Crippen LogP contribution is 2.37. The first-order valence-corrected chi connectivity index (χ1v) is 15.2.